The lowest BCUT2D eigenvalue weighted by Crippen LogP contribution is -2.09. The van der Waals surface area contributed by atoms with Gasteiger partial charge < -0.3 is 25.6 Å². The van der Waals surface area contributed by atoms with Crippen molar-refractivity contribution in [3.8, 4) is 17.6 Å². The van der Waals surface area contributed by atoms with Crippen LogP contribution in [-0.2, 0) is 6.54 Å². The highest BCUT2D eigenvalue weighted by molar-refractivity contribution is 7.22. The van der Waals surface area contributed by atoms with Gasteiger partial charge in [0, 0.05) is 13.6 Å². The Kier molecular flexibility index (Phi) is 9.04. The Morgan fingerprint density at radius 1 is 1.19 bits per heavy atom. The summed E-state index contributed by atoms with van der Waals surface area (Å²) in [7, 11) is 3.48. The fraction of sp³-hybridized carbons (Fsp3) is 0.435. The first kappa shape index (κ1) is 23.7. The van der Waals surface area contributed by atoms with Crippen LogP contribution in [0, 0.1) is 11.8 Å². The predicted molar refractivity (Wildman–Crippen MR) is 128 cm³/mol. The molecule has 1 fully saturated rings. The van der Waals surface area contributed by atoms with E-state index >= 15 is 0 Å². The summed E-state index contributed by atoms with van der Waals surface area (Å²) < 4.78 is 6.51. The van der Waals surface area contributed by atoms with Gasteiger partial charge in [0.2, 0.25) is 0 Å². The molecule has 32 heavy (non-hydrogen) atoms. The minimum atomic E-state index is -0.206. The highest BCUT2D eigenvalue weighted by Crippen LogP contribution is 2.33. The molecule has 0 bridgehead atoms. The van der Waals surface area contributed by atoms with Crippen LogP contribution in [0.3, 0.4) is 0 Å². The number of hydrogen-bond donors (Lipinski definition) is 4. The van der Waals surface area contributed by atoms with Crippen molar-refractivity contribution >= 4 is 32.5 Å². The van der Waals surface area contributed by atoms with Gasteiger partial charge in [0.05, 0.1) is 30.3 Å². The van der Waals surface area contributed by atoms with Gasteiger partial charge in [-0.3, -0.25) is 4.98 Å². The van der Waals surface area contributed by atoms with Gasteiger partial charge in [-0.15, -0.1) is 0 Å². The minimum Gasteiger partial charge on any atom is -0.494 e. The van der Waals surface area contributed by atoms with Gasteiger partial charge in [-0.1, -0.05) is 36.5 Å². The van der Waals surface area contributed by atoms with Gasteiger partial charge in [-0.2, -0.15) is 0 Å². The van der Waals surface area contributed by atoms with Crippen molar-refractivity contribution in [2.24, 2.45) is 0 Å². The average Bonchev–Trinajstić information content (AvgIpc) is 3.25. The quantitative estimate of drug-likeness (QED) is 0.433. The third kappa shape index (κ3) is 6.79. The molecular weight excluding hydrogens is 426 g/mol. The molecule has 2 heterocycles. The molecule has 4 rings (SSSR count). The molecule has 170 valence electrons. The maximum Gasteiger partial charge on any atom is 0.183 e. The number of ether oxygens (including phenoxy) is 1. The highest BCUT2D eigenvalue weighted by atomic mass is 32.1. The lowest BCUT2D eigenvalue weighted by atomic mass is 9.98. The monoisotopic (exact) mass is 455 g/mol. The van der Waals surface area contributed by atoms with E-state index in [1.807, 2.05) is 13.1 Å². The number of methoxy groups -OCH3 is 1. The molecule has 9 heteroatoms. The van der Waals surface area contributed by atoms with Crippen molar-refractivity contribution in [2.75, 3.05) is 31.4 Å². The molecule has 1 aromatic carbocycles. The molecule has 4 N–H and O–H groups in total. The zero-order chi connectivity index (χ0) is 22.8. The van der Waals surface area contributed by atoms with E-state index in [-0.39, 0.29) is 12.7 Å². The summed E-state index contributed by atoms with van der Waals surface area (Å²) in [4.78, 5) is 12.9. The largest absolute Gasteiger partial charge is 0.494 e. The molecule has 0 aliphatic heterocycles. The van der Waals surface area contributed by atoms with Crippen LogP contribution in [0.5, 0.6) is 5.75 Å². The SMILES string of the molecule is CNc1nc2c(OC)cc(CNc3cncc(C#CCO)n3)cc2s1.OC1CCCCC1. The number of thiazole rings is 1. The standard InChI is InChI=1S/C17H17N5O2S.C6H12O/c1-18-17-22-16-13(24-2)6-11(7-14(16)25-17)8-20-15-10-19-9-12(21-15)4-3-5-23;7-6-4-2-1-3-5-6/h6-7,9-10,23H,5,8H2,1-2H3,(H,18,22)(H,20,21);6-7H,1-5H2. The second-order valence-electron chi connectivity index (χ2n) is 7.31. The first-order valence-electron chi connectivity index (χ1n) is 10.6. The number of aromatic nitrogens is 3. The van der Waals surface area contributed by atoms with Crippen molar-refractivity contribution in [1.82, 2.24) is 15.0 Å². The van der Waals surface area contributed by atoms with Crippen molar-refractivity contribution in [3.05, 3.63) is 35.8 Å². The molecule has 0 amide bonds. The molecule has 8 nitrogen and oxygen atoms in total. The van der Waals surface area contributed by atoms with Crippen LogP contribution >= 0.6 is 11.3 Å². The van der Waals surface area contributed by atoms with Gasteiger partial charge >= 0.3 is 0 Å². The smallest absolute Gasteiger partial charge is 0.183 e. The van der Waals surface area contributed by atoms with Crippen LogP contribution in [0.15, 0.2) is 24.5 Å². The highest BCUT2D eigenvalue weighted by Gasteiger charge is 2.11. The zero-order valence-electron chi connectivity index (χ0n) is 18.4. The number of aliphatic hydroxyl groups excluding tert-OH is 2. The van der Waals surface area contributed by atoms with Gasteiger partial charge in [0.25, 0.3) is 0 Å². The van der Waals surface area contributed by atoms with Crippen molar-refractivity contribution in [1.29, 1.82) is 0 Å². The normalized spacial score (nSPS) is 13.5. The Balaban J connectivity index is 0.000000352. The van der Waals surface area contributed by atoms with E-state index in [2.05, 4.69) is 43.5 Å². The van der Waals surface area contributed by atoms with Crippen molar-refractivity contribution in [3.63, 3.8) is 0 Å². The minimum absolute atomic E-state index is 0.0359. The number of benzene rings is 1. The molecule has 1 aliphatic rings. The number of nitrogens with one attached hydrogen (secondary N) is 2. The number of anilines is 2. The summed E-state index contributed by atoms with van der Waals surface area (Å²) in [5.41, 5.74) is 2.40. The number of rotatable bonds is 5. The maximum absolute atomic E-state index is 8.91. The van der Waals surface area contributed by atoms with Crippen LogP contribution in [0.1, 0.15) is 43.4 Å². The lowest BCUT2D eigenvalue weighted by Gasteiger charge is -2.14. The molecule has 1 aliphatic carbocycles. The van der Waals surface area contributed by atoms with E-state index in [1.165, 1.54) is 19.3 Å². The predicted octanol–water partition coefficient (Wildman–Crippen LogP) is 3.40. The van der Waals surface area contributed by atoms with Gasteiger partial charge in [-0.05, 0) is 36.5 Å². The van der Waals surface area contributed by atoms with Gasteiger partial charge in [0.15, 0.2) is 5.13 Å². The fourth-order valence-corrected chi connectivity index (χ4v) is 4.23. The third-order valence-corrected chi connectivity index (χ3v) is 5.95. The number of hydrogen-bond acceptors (Lipinski definition) is 9. The van der Waals surface area contributed by atoms with E-state index in [0.717, 1.165) is 39.5 Å². The molecule has 0 saturated heterocycles. The second-order valence-corrected chi connectivity index (χ2v) is 8.34. The van der Waals surface area contributed by atoms with Crippen LogP contribution in [0.2, 0.25) is 0 Å². The van der Waals surface area contributed by atoms with E-state index in [0.29, 0.717) is 18.1 Å². The number of nitrogens with zero attached hydrogens (tertiary/aromatic N) is 3. The average molecular weight is 456 g/mol. The molecule has 0 radical (unpaired) electrons. The van der Waals surface area contributed by atoms with Crippen LogP contribution in [0.4, 0.5) is 10.9 Å². The summed E-state index contributed by atoms with van der Waals surface area (Å²) in [6, 6.07) is 4.03. The van der Waals surface area contributed by atoms with Crippen LogP contribution < -0.4 is 15.4 Å². The summed E-state index contributed by atoms with van der Waals surface area (Å²) in [5, 5.41) is 24.8. The summed E-state index contributed by atoms with van der Waals surface area (Å²) in [6.45, 7) is 0.354. The molecule has 0 unspecified atom stereocenters. The molecular formula is C23H29N5O3S. The third-order valence-electron chi connectivity index (χ3n) is 4.93. The maximum atomic E-state index is 8.91. The van der Waals surface area contributed by atoms with Gasteiger partial charge in [0.1, 0.15) is 29.4 Å². The number of aliphatic hydroxyl groups is 2. The van der Waals surface area contributed by atoms with E-state index in [4.69, 9.17) is 14.9 Å². The summed E-state index contributed by atoms with van der Waals surface area (Å²) in [5.74, 6) is 6.64. The second kappa shape index (κ2) is 12.2. The Hall–Kier alpha value is -2.93. The topological polar surface area (TPSA) is 112 Å². The van der Waals surface area contributed by atoms with Crippen molar-refractivity contribution in [2.45, 2.75) is 44.8 Å². The van der Waals surface area contributed by atoms with Crippen LogP contribution in [-0.4, -0.2) is 52.0 Å². The zero-order valence-corrected chi connectivity index (χ0v) is 19.2. The molecule has 0 atom stereocenters. The molecule has 3 aromatic rings. The van der Waals surface area contributed by atoms with E-state index < -0.39 is 0 Å². The Bertz CT molecular complexity index is 1070. The molecule has 2 aromatic heterocycles. The lowest BCUT2D eigenvalue weighted by molar-refractivity contribution is 0.130. The first-order chi connectivity index (χ1) is 15.6. The summed E-state index contributed by atoms with van der Waals surface area (Å²) in [6.07, 6.45) is 9.11. The summed E-state index contributed by atoms with van der Waals surface area (Å²) >= 11 is 1.57. The number of fused-ring (bicyclic) bond motifs is 1. The first-order valence-corrected chi connectivity index (χ1v) is 11.4. The van der Waals surface area contributed by atoms with Crippen LogP contribution in [0.25, 0.3) is 10.2 Å². The molecule has 0 spiro atoms. The van der Waals surface area contributed by atoms with Gasteiger partial charge in [-0.25, -0.2) is 9.97 Å². The van der Waals surface area contributed by atoms with E-state index in [9.17, 15) is 0 Å². The van der Waals surface area contributed by atoms with E-state index in [1.54, 1.807) is 30.8 Å². The van der Waals surface area contributed by atoms with Crippen molar-refractivity contribution < 1.29 is 14.9 Å². The Morgan fingerprint density at radius 3 is 2.66 bits per heavy atom. The fourth-order valence-electron chi connectivity index (χ4n) is 3.33. The molecule has 1 saturated carbocycles. The Morgan fingerprint density at radius 2 is 2.00 bits per heavy atom. The Labute approximate surface area is 192 Å².